The van der Waals surface area contributed by atoms with Gasteiger partial charge in [-0.1, -0.05) is 76.2 Å². The van der Waals surface area contributed by atoms with Crippen LogP contribution in [0.25, 0.3) is 0 Å². The van der Waals surface area contributed by atoms with Crippen LogP contribution in [0.4, 0.5) is 0 Å². The summed E-state index contributed by atoms with van der Waals surface area (Å²) in [5.74, 6) is 0.487. The van der Waals surface area contributed by atoms with Crippen LogP contribution < -0.4 is 4.74 Å². The van der Waals surface area contributed by atoms with Gasteiger partial charge in [0.1, 0.15) is 5.75 Å². The first-order chi connectivity index (χ1) is 9.41. The molecule has 0 saturated heterocycles. The Hall–Kier alpha value is 0.200. The van der Waals surface area contributed by atoms with Crippen LogP contribution in [0, 0.1) is 0 Å². The summed E-state index contributed by atoms with van der Waals surface area (Å²) in [6, 6.07) is 8.79. The van der Waals surface area contributed by atoms with Gasteiger partial charge >= 0.3 is 0 Å². The third kappa shape index (κ3) is 2.89. The second kappa shape index (κ2) is 6.53. The van der Waals surface area contributed by atoms with Crippen LogP contribution in [-0.4, -0.2) is 11.2 Å². The van der Waals surface area contributed by atoms with E-state index in [1.807, 2.05) is 6.07 Å². The Morgan fingerprint density at radius 3 is 2.10 bits per heavy atom. The third-order valence-electron chi connectivity index (χ3n) is 2.57. The molecule has 2 nitrogen and oxygen atoms in total. The number of hydrogen-bond acceptors (Lipinski definition) is 2. The molecule has 0 amide bonds. The Kier molecular flexibility index (Phi) is 5.41. The number of alkyl halides is 1. The molecule has 0 fully saturated rings. The fourth-order valence-electron chi connectivity index (χ4n) is 1.58. The second-order valence-corrected chi connectivity index (χ2v) is 6.08. The van der Waals surface area contributed by atoms with Crippen LogP contribution in [0.2, 0.25) is 0 Å². The van der Waals surface area contributed by atoms with Gasteiger partial charge in [0.25, 0.3) is 0 Å². The topological polar surface area (TPSA) is 18.5 Å². The minimum absolute atomic E-state index is 0.0317. The summed E-state index contributed by atoms with van der Waals surface area (Å²) in [6.07, 6.45) is -1.05. The average Bonchev–Trinajstić information content (AvgIpc) is 2.48. The molecule has 0 spiro atoms. The molecule has 108 valence electrons. The minimum atomic E-state index is -1.77. The lowest BCUT2D eigenvalue weighted by Gasteiger charge is -2.35. The summed E-state index contributed by atoms with van der Waals surface area (Å²) >= 11 is 35.8. The molecule has 0 radical (unpaired) electrons. The third-order valence-corrected chi connectivity index (χ3v) is 5.37. The maximum absolute atomic E-state index is 6.25. The highest BCUT2D eigenvalue weighted by atomic mass is 35.5. The van der Waals surface area contributed by atoms with Gasteiger partial charge in [-0.15, -0.1) is 0 Å². The first-order valence-electron chi connectivity index (χ1n) is 5.23. The first kappa shape index (κ1) is 16.6. The summed E-state index contributed by atoms with van der Waals surface area (Å²) in [5, 5.41) is -1.84. The summed E-state index contributed by atoms with van der Waals surface area (Å²) in [6.45, 7) is 0. The van der Waals surface area contributed by atoms with E-state index in [1.54, 1.807) is 24.3 Å². The van der Waals surface area contributed by atoms with Gasteiger partial charge < -0.3 is 4.74 Å². The van der Waals surface area contributed by atoms with Crippen LogP contribution in [0.5, 0.6) is 5.75 Å². The van der Waals surface area contributed by atoms with Crippen molar-refractivity contribution < 1.29 is 9.03 Å². The van der Waals surface area contributed by atoms with Gasteiger partial charge in [0, 0.05) is 0 Å². The minimum Gasteiger partial charge on any atom is -0.480 e. The molecule has 0 heterocycles. The van der Waals surface area contributed by atoms with Crippen molar-refractivity contribution in [2.45, 2.75) is 11.2 Å². The van der Waals surface area contributed by atoms with Crippen LogP contribution in [0.3, 0.4) is 0 Å². The van der Waals surface area contributed by atoms with E-state index in [4.69, 9.17) is 78.9 Å². The van der Waals surface area contributed by atoms with Crippen molar-refractivity contribution >= 4 is 69.9 Å². The van der Waals surface area contributed by atoms with Crippen LogP contribution in [0.15, 0.2) is 50.5 Å². The summed E-state index contributed by atoms with van der Waals surface area (Å²) < 4.78 is 10.4. The van der Waals surface area contributed by atoms with Gasteiger partial charge in [-0.3, -0.25) is 0 Å². The molecule has 8 heteroatoms. The maximum atomic E-state index is 6.25. The fourth-order valence-corrected chi connectivity index (χ4v) is 3.19. The van der Waals surface area contributed by atoms with E-state index in [1.165, 1.54) is 0 Å². The molecule has 1 aromatic carbocycles. The Labute approximate surface area is 145 Å². The quantitative estimate of drug-likeness (QED) is 0.591. The lowest BCUT2D eigenvalue weighted by molar-refractivity contribution is 0.0841. The largest absolute Gasteiger partial charge is 0.480 e. The Bertz CT molecular complexity index is 571. The van der Waals surface area contributed by atoms with Crippen LogP contribution in [-0.2, 0) is 4.29 Å². The SMILES string of the molecule is ClOC1(Cl)C(Cl)=C(Cl)C(Cl)=C(Cl)C1Oc1ccccc1. The van der Waals surface area contributed by atoms with Crippen molar-refractivity contribution in [3.8, 4) is 5.75 Å². The van der Waals surface area contributed by atoms with E-state index in [2.05, 4.69) is 0 Å². The molecular formula is C12H6Cl6O2. The fraction of sp³-hybridized carbons (Fsp3) is 0.167. The second-order valence-electron chi connectivity index (χ2n) is 3.82. The van der Waals surface area contributed by atoms with E-state index < -0.39 is 11.2 Å². The predicted octanol–water partition coefficient (Wildman–Crippen LogP) is 5.93. The van der Waals surface area contributed by atoms with Crippen LogP contribution >= 0.6 is 69.9 Å². The number of benzene rings is 1. The highest BCUT2D eigenvalue weighted by Crippen LogP contribution is 2.50. The van der Waals surface area contributed by atoms with Gasteiger partial charge in [0.2, 0.25) is 5.06 Å². The van der Waals surface area contributed by atoms with E-state index >= 15 is 0 Å². The molecule has 20 heavy (non-hydrogen) atoms. The molecule has 0 aromatic heterocycles. The van der Waals surface area contributed by atoms with Gasteiger partial charge in [-0.2, -0.15) is 0 Å². The average molecular weight is 395 g/mol. The zero-order valence-corrected chi connectivity index (χ0v) is 14.1. The van der Waals surface area contributed by atoms with E-state index in [0.29, 0.717) is 5.75 Å². The summed E-state index contributed by atoms with van der Waals surface area (Å²) in [7, 11) is 0. The Morgan fingerprint density at radius 1 is 0.950 bits per heavy atom. The zero-order chi connectivity index (χ0) is 14.9. The number of allylic oxidation sites excluding steroid dienone is 2. The van der Waals surface area contributed by atoms with Gasteiger partial charge in [0.05, 0.1) is 32.0 Å². The molecule has 2 atom stereocenters. The van der Waals surface area contributed by atoms with Crippen molar-refractivity contribution in [3.05, 3.63) is 50.5 Å². The number of halogens is 6. The number of ether oxygens (including phenoxy) is 1. The molecule has 2 unspecified atom stereocenters. The van der Waals surface area contributed by atoms with E-state index in [-0.39, 0.29) is 20.1 Å². The predicted molar refractivity (Wildman–Crippen MR) is 83.8 cm³/mol. The first-order valence-corrected chi connectivity index (χ1v) is 7.43. The Morgan fingerprint density at radius 2 is 1.55 bits per heavy atom. The lowest BCUT2D eigenvalue weighted by Crippen LogP contribution is -2.45. The molecule has 1 aliphatic rings. The van der Waals surface area contributed by atoms with E-state index in [0.717, 1.165) is 0 Å². The van der Waals surface area contributed by atoms with Gasteiger partial charge in [0.15, 0.2) is 6.10 Å². The van der Waals surface area contributed by atoms with Gasteiger partial charge in [-0.05, 0) is 12.1 Å². The van der Waals surface area contributed by atoms with Crippen LogP contribution in [0.1, 0.15) is 0 Å². The Balaban J connectivity index is 2.45. The van der Waals surface area contributed by atoms with Crippen molar-refractivity contribution in [3.63, 3.8) is 0 Å². The van der Waals surface area contributed by atoms with E-state index in [9.17, 15) is 0 Å². The van der Waals surface area contributed by atoms with Crippen molar-refractivity contribution in [2.24, 2.45) is 0 Å². The zero-order valence-electron chi connectivity index (χ0n) is 9.55. The molecule has 0 saturated carbocycles. The number of para-hydroxylation sites is 1. The molecule has 1 aromatic rings. The number of rotatable bonds is 3. The lowest BCUT2D eigenvalue weighted by atomic mass is 10.1. The summed E-state index contributed by atoms with van der Waals surface area (Å²) in [4.78, 5) is 0. The van der Waals surface area contributed by atoms with Crippen molar-refractivity contribution in [2.75, 3.05) is 0 Å². The molecule has 0 N–H and O–H groups in total. The maximum Gasteiger partial charge on any atom is 0.241 e. The standard InChI is InChI=1S/C12H6Cl6O2/c13-7-8(14)10(16)12(17,20-18)11(9(7)15)19-6-4-2-1-3-5-6/h1-5,11H. The molecule has 2 rings (SSSR count). The van der Waals surface area contributed by atoms with Crippen molar-refractivity contribution in [1.29, 1.82) is 0 Å². The normalized spacial score (nSPS) is 27.0. The monoisotopic (exact) mass is 392 g/mol. The number of hydrogen-bond donors (Lipinski definition) is 0. The van der Waals surface area contributed by atoms with Gasteiger partial charge in [-0.25, -0.2) is 4.29 Å². The van der Waals surface area contributed by atoms with Crippen molar-refractivity contribution in [1.82, 2.24) is 0 Å². The molecular weight excluding hydrogens is 389 g/mol. The smallest absolute Gasteiger partial charge is 0.241 e. The highest BCUT2D eigenvalue weighted by Gasteiger charge is 2.51. The molecule has 0 bridgehead atoms. The molecule has 1 aliphatic carbocycles. The summed E-state index contributed by atoms with van der Waals surface area (Å²) in [5.41, 5.74) is 0. The highest BCUT2D eigenvalue weighted by molar-refractivity contribution is 6.54. The molecule has 0 aliphatic heterocycles.